The van der Waals surface area contributed by atoms with Crippen LogP contribution in [-0.2, 0) is 10.3 Å². The fourth-order valence-electron chi connectivity index (χ4n) is 3.45. The first kappa shape index (κ1) is 20.3. The first-order chi connectivity index (χ1) is 14.9. The van der Waals surface area contributed by atoms with Crippen molar-refractivity contribution < 1.29 is 18.3 Å². The highest BCUT2D eigenvalue weighted by atomic mass is 19.3. The molecule has 0 fully saturated rings. The van der Waals surface area contributed by atoms with E-state index in [4.69, 9.17) is 10.5 Å². The number of likely N-dealkylation sites (N-methyl/N-ethyl adjacent to an activating group) is 1. The standard InChI is InChI=1S/C21H18F2N6O2/c1-29-19(30)21(27-20(29)24,17-7-3-5-16(26-17)18(22)23)13-9-12(10-14(11-13)31-2)15-6-4-8-25-28-15/h3-11,18H,1-2H3,(H2,24,27). The lowest BCUT2D eigenvalue weighted by molar-refractivity contribution is -0.129. The summed E-state index contributed by atoms with van der Waals surface area (Å²) in [4.78, 5) is 23.0. The molecule has 2 aromatic heterocycles. The van der Waals surface area contributed by atoms with Gasteiger partial charge in [-0.05, 0) is 48.0 Å². The van der Waals surface area contributed by atoms with E-state index in [1.54, 1.807) is 30.3 Å². The second kappa shape index (κ2) is 7.71. The Labute approximate surface area is 176 Å². The van der Waals surface area contributed by atoms with Gasteiger partial charge in [-0.15, -0.1) is 0 Å². The van der Waals surface area contributed by atoms with Gasteiger partial charge in [0, 0.05) is 18.8 Å². The molecular weight excluding hydrogens is 406 g/mol. The van der Waals surface area contributed by atoms with Gasteiger partial charge in [0.25, 0.3) is 12.3 Å². The van der Waals surface area contributed by atoms with Crippen LogP contribution in [0.25, 0.3) is 11.3 Å². The number of halogens is 2. The van der Waals surface area contributed by atoms with Crippen LogP contribution in [-0.4, -0.2) is 46.1 Å². The molecule has 1 unspecified atom stereocenters. The van der Waals surface area contributed by atoms with E-state index in [0.717, 1.165) is 4.90 Å². The molecule has 0 saturated carbocycles. The Morgan fingerprint density at radius 3 is 2.58 bits per heavy atom. The maximum Gasteiger partial charge on any atom is 0.280 e. The van der Waals surface area contributed by atoms with Crippen LogP contribution >= 0.6 is 0 Å². The van der Waals surface area contributed by atoms with Gasteiger partial charge < -0.3 is 10.5 Å². The Balaban J connectivity index is 2.00. The highest BCUT2D eigenvalue weighted by molar-refractivity contribution is 6.08. The number of pyridine rings is 1. The number of aliphatic imine (C=N–C) groups is 1. The molecule has 3 aromatic rings. The Kier molecular flexibility index (Phi) is 5.05. The number of amides is 1. The molecule has 158 valence electrons. The molecule has 4 rings (SSSR count). The van der Waals surface area contributed by atoms with Crippen molar-refractivity contribution >= 4 is 11.9 Å². The van der Waals surface area contributed by atoms with E-state index < -0.39 is 23.6 Å². The fraction of sp³-hybridized carbons (Fsp3) is 0.190. The summed E-state index contributed by atoms with van der Waals surface area (Å²) in [6.07, 6.45) is -1.28. The summed E-state index contributed by atoms with van der Waals surface area (Å²) in [5.74, 6) is -0.168. The van der Waals surface area contributed by atoms with Crippen LogP contribution in [0.4, 0.5) is 8.78 Å². The molecule has 0 bridgehead atoms. The summed E-state index contributed by atoms with van der Waals surface area (Å²) in [6.45, 7) is 0. The lowest BCUT2D eigenvalue weighted by Crippen LogP contribution is -2.41. The molecule has 0 aliphatic carbocycles. The molecule has 10 heteroatoms. The van der Waals surface area contributed by atoms with E-state index in [1.165, 1.54) is 38.6 Å². The van der Waals surface area contributed by atoms with E-state index >= 15 is 0 Å². The minimum Gasteiger partial charge on any atom is -0.497 e. The van der Waals surface area contributed by atoms with Gasteiger partial charge in [0.1, 0.15) is 11.4 Å². The highest BCUT2D eigenvalue weighted by Gasteiger charge is 2.51. The third-order valence-electron chi connectivity index (χ3n) is 5.03. The van der Waals surface area contributed by atoms with Crippen LogP contribution in [0.1, 0.15) is 23.4 Å². The minimum absolute atomic E-state index is 0.0287. The average Bonchev–Trinajstić information content (AvgIpc) is 3.04. The SMILES string of the molecule is COc1cc(-c2cccnn2)cc(C2(c3cccc(C(F)F)n3)N=C(N)N(C)C2=O)c1. The lowest BCUT2D eigenvalue weighted by Gasteiger charge is -2.26. The van der Waals surface area contributed by atoms with Crippen LogP contribution in [0.2, 0.25) is 0 Å². The van der Waals surface area contributed by atoms with Crippen molar-refractivity contribution in [3.8, 4) is 17.0 Å². The van der Waals surface area contributed by atoms with Crippen molar-refractivity contribution in [3.05, 3.63) is 71.7 Å². The number of benzene rings is 1. The number of guanidine groups is 1. The molecule has 3 heterocycles. The number of aromatic nitrogens is 3. The highest BCUT2D eigenvalue weighted by Crippen LogP contribution is 2.41. The van der Waals surface area contributed by atoms with E-state index in [-0.39, 0.29) is 11.7 Å². The molecule has 1 atom stereocenters. The van der Waals surface area contributed by atoms with Gasteiger partial charge in [0.15, 0.2) is 5.96 Å². The molecule has 0 spiro atoms. The van der Waals surface area contributed by atoms with Crippen molar-refractivity contribution in [2.24, 2.45) is 10.7 Å². The molecule has 1 aromatic carbocycles. The molecule has 1 aliphatic rings. The van der Waals surface area contributed by atoms with Crippen molar-refractivity contribution in [2.75, 3.05) is 14.2 Å². The number of nitrogens with zero attached hydrogens (tertiary/aromatic N) is 5. The Bertz CT molecular complexity index is 1170. The Morgan fingerprint density at radius 2 is 1.97 bits per heavy atom. The third kappa shape index (κ3) is 3.35. The summed E-state index contributed by atoms with van der Waals surface area (Å²) in [7, 11) is 2.94. The van der Waals surface area contributed by atoms with Gasteiger partial charge in [-0.25, -0.2) is 18.8 Å². The van der Waals surface area contributed by atoms with Gasteiger partial charge >= 0.3 is 0 Å². The monoisotopic (exact) mass is 424 g/mol. The number of methoxy groups -OCH3 is 1. The molecule has 31 heavy (non-hydrogen) atoms. The van der Waals surface area contributed by atoms with E-state index in [2.05, 4.69) is 20.2 Å². The molecule has 0 saturated heterocycles. The molecule has 1 aliphatic heterocycles. The molecule has 2 N–H and O–H groups in total. The van der Waals surface area contributed by atoms with Crippen LogP contribution in [0.15, 0.2) is 59.7 Å². The van der Waals surface area contributed by atoms with E-state index in [9.17, 15) is 13.6 Å². The predicted octanol–water partition coefficient (Wildman–Crippen LogP) is 2.52. The number of carbonyl (C=O) groups is 1. The number of nitrogens with two attached hydrogens (primary N) is 1. The number of ether oxygens (including phenoxy) is 1. The second-order valence-electron chi connectivity index (χ2n) is 6.85. The lowest BCUT2D eigenvalue weighted by atomic mass is 9.84. The predicted molar refractivity (Wildman–Crippen MR) is 108 cm³/mol. The third-order valence-corrected chi connectivity index (χ3v) is 5.03. The quantitative estimate of drug-likeness (QED) is 0.675. The summed E-state index contributed by atoms with van der Waals surface area (Å²) < 4.78 is 32.1. The zero-order valence-corrected chi connectivity index (χ0v) is 16.7. The van der Waals surface area contributed by atoms with Gasteiger partial charge in [0.2, 0.25) is 5.54 Å². The Morgan fingerprint density at radius 1 is 1.16 bits per heavy atom. The van der Waals surface area contributed by atoms with Crippen LogP contribution in [0.5, 0.6) is 5.75 Å². The summed E-state index contributed by atoms with van der Waals surface area (Å²) in [5.41, 5.74) is 5.25. The van der Waals surface area contributed by atoms with Crippen molar-refractivity contribution in [3.63, 3.8) is 0 Å². The van der Waals surface area contributed by atoms with Gasteiger partial charge in [-0.3, -0.25) is 9.69 Å². The number of hydrogen-bond donors (Lipinski definition) is 1. The first-order valence-electron chi connectivity index (χ1n) is 9.23. The van der Waals surface area contributed by atoms with Gasteiger partial charge in [-0.2, -0.15) is 10.2 Å². The number of hydrogen-bond acceptors (Lipinski definition) is 7. The zero-order valence-electron chi connectivity index (χ0n) is 16.7. The van der Waals surface area contributed by atoms with Crippen LogP contribution in [0.3, 0.4) is 0 Å². The molecule has 0 radical (unpaired) electrons. The number of rotatable bonds is 5. The molecular formula is C21H18F2N6O2. The van der Waals surface area contributed by atoms with Crippen molar-refractivity contribution in [1.29, 1.82) is 0 Å². The summed E-state index contributed by atoms with van der Waals surface area (Å²) in [6, 6.07) is 12.5. The summed E-state index contributed by atoms with van der Waals surface area (Å²) in [5, 5.41) is 7.98. The van der Waals surface area contributed by atoms with Crippen LogP contribution < -0.4 is 10.5 Å². The second-order valence-corrected chi connectivity index (χ2v) is 6.85. The maximum absolute atomic E-state index is 13.4. The van der Waals surface area contributed by atoms with E-state index in [1.807, 2.05) is 0 Å². The van der Waals surface area contributed by atoms with Gasteiger partial charge in [-0.1, -0.05) is 6.07 Å². The van der Waals surface area contributed by atoms with Gasteiger partial charge in [0.05, 0.1) is 18.5 Å². The number of alkyl halides is 2. The topological polar surface area (TPSA) is 107 Å². The zero-order chi connectivity index (χ0) is 22.2. The minimum atomic E-state index is -2.81. The average molecular weight is 424 g/mol. The fourth-order valence-corrected chi connectivity index (χ4v) is 3.45. The van der Waals surface area contributed by atoms with E-state index in [0.29, 0.717) is 22.6 Å². The maximum atomic E-state index is 13.4. The van der Waals surface area contributed by atoms with Crippen LogP contribution in [0, 0.1) is 0 Å². The molecule has 8 nitrogen and oxygen atoms in total. The molecule has 1 amide bonds. The van der Waals surface area contributed by atoms with Crippen molar-refractivity contribution in [2.45, 2.75) is 12.0 Å². The number of carbonyl (C=O) groups excluding carboxylic acids is 1. The first-order valence-corrected chi connectivity index (χ1v) is 9.23. The summed E-state index contributed by atoms with van der Waals surface area (Å²) >= 11 is 0. The largest absolute Gasteiger partial charge is 0.497 e. The Hall–Kier alpha value is -3.95. The normalized spacial score (nSPS) is 18.4. The van der Waals surface area contributed by atoms with Crippen molar-refractivity contribution in [1.82, 2.24) is 20.1 Å². The smallest absolute Gasteiger partial charge is 0.280 e.